The molecule has 0 saturated carbocycles. The third-order valence-corrected chi connectivity index (χ3v) is 4.36. The van der Waals surface area contributed by atoms with Crippen LogP contribution in [0.4, 0.5) is 0 Å². The second-order valence-electron chi connectivity index (χ2n) is 5.14. The van der Waals surface area contributed by atoms with Crippen LogP contribution in [-0.2, 0) is 4.79 Å². The number of allylic oxidation sites excluding steroid dienone is 2. The Hall–Kier alpha value is -1.22. The number of methoxy groups -OCH3 is 1. The quantitative estimate of drug-likeness (QED) is 0.821. The first-order valence-electron chi connectivity index (χ1n) is 6.08. The molecule has 0 heterocycles. The number of carbonyl (C=O) groups is 1. The molecule has 96 valence electrons. The van der Waals surface area contributed by atoms with Crippen LogP contribution in [0.3, 0.4) is 0 Å². The second kappa shape index (κ2) is 5.19. The number of hydrogen-bond donors (Lipinski definition) is 0. The molecule has 1 aliphatic carbocycles. The Morgan fingerprint density at radius 2 is 1.89 bits per heavy atom. The molecule has 0 spiro atoms. The van der Waals surface area contributed by atoms with Gasteiger partial charge in [-0.15, -0.1) is 0 Å². The third kappa shape index (κ3) is 2.96. The highest BCUT2D eigenvalue weighted by Gasteiger charge is 2.29. The SMILES string of the molecule is COc1ccc(SC2=CC(=O)C(C)(C)CC2)cc1. The van der Waals surface area contributed by atoms with Gasteiger partial charge in [-0.2, -0.15) is 0 Å². The van der Waals surface area contributed by atoms with Gasteiger partial charge in [-0.1, -0.05) is 25.6 Å². The van der Waals surface area contributed by atoms with Gasteiger partial charge in [0, 0.05) is 10.3 Å². The molecule has 0 N–H and O–H groups in total. The van der Waals surface area contributed by atoms with Crippen molar-refractivity contribution in [3.05, 3.63) is 35.2 Å². The highest BCUT2D eigenvalue weighted by molar-refractivity contribution is 8.03. The summed E-state index contributed by atoms with van der Waals surface area (Å²) in [5.41, 5.74) is -0.191. The van der Waals surface area contributed by atoms with Crippen LogP contribution in [0.1, 0.15) is 26.7 Å². The van der Waals surface area contributed by atoms with Crippen LogP contribution in [0.25, 0.3) is 0 Å². The Morgan fingerprint density at radius 1 is 1.22 bits per heavy atom. The fraction of sp³-hybridized carbons (Fsp3) is 0.400. The number of ketones is 1. The summed E-state index contributed by atoms with van der Waals surface area (Å²) in [6.45, 7) is 4.03. The molecule has 0 aromatic heterocycles. The van der Waals surface area contributed by atoms with E-state index in [0.29, 0.717) is 0 Å². The molecule has 0 unspecified atom stereocenters. The number of thioether (sulfide) groups is 1. The van der Waals surface area contributed by atoms with Crippen LogP contribution in [0.5, 0.6) is 5.75 Å². The second-order valence-corrected chi connectivity index (χ2v) is 6.34. The monoisotopic (exact) mass is 262 g/mol. The fourth-order valence-electron chi connectivity index (χ4n) is 1.85. The van der Waals surface area contributed by atoms with E-state index in [-0.39, 0.29) is 11.2 Å². The molecular weight excluding hydrogens is 244 g/mol. The van der Waals surface area contributed by atoms with E-state index in [0.717, 1.165) is 28.4 Å². The summed E-state index contributed by atoms with van der Waals surface area (Å²) in [5, 5.41) is 0. The van der Waals surface area contributed by atoms with Crippen LogP contribution in [0, 0.1) is 5.41 Å². The minimum atomic E-state index is -0.191. The molecule has 3 heteroatoms. The van der Waals surface area contributed by atoms with Gasteiger partial charge in [0.05, 0.1) is 7.11 Å². The van der Waals surface area contributed by atoms with Crippen molar-refractivity contribution < 1.29 is 9.53 Å². The van der Waals surface area contributed by atoms with Crippen molar-refractivity contribution in [1.82, 2.24) is 0 Å². The van der Waals surface area contributed by atoms with Gasteiger partial charge < -0.3 is 4.74 Å². The Labute approximate surface area is 112 Å². The van der Waals surface area contributed by atoms with E-state index in [9.17, 15) is 4.79 Å². The molecule has 2 rings (SSSR count). The maximum atomic E-state index is 11.9. The summed E-state index contributed by atoms with van der Waals surface area (Å²) in [6, 6.07) is 7.93. The maximum absolute atomic E-state index is 11.9. The lowest BCUT2D eigenvalue weighted by Gasteiger charge is -2.26. The van der Waals surface area contributed by atoms with Crippen LogP contribution in [0.15, 0.2) is 40.1 Å². The molecule has 1 aromatic carbocycles. The lowest BCUT2D eigenvalue weighted by Crippen LogP contribution is -2.25. The van der Waals surface area contributed by atoms with E-state index in [1.807, 2.05) is 38.1 Å². The Kier molecular flexibility index (Phi) is 3.81. The standard InChI is InChI=1S/C15H18O2S/c1-15(2)9-8-13(10-14(15)16)18-12-6-4-11(17-3)5-7-12/h4-7,10H,8-9H2,1-3H3. The number of rotatable bonds is 3. The maximum Gasteiger partial charge on any atom is 0.162 e. The van der Waals surface area contributed by atoms with Crippen molar-refractivity contribution in [1.29, 1.82) is 0 Å². The van der Waals surface area contributed by atoms with Crippen molar-refractivity contribution in [3.63, 3.8) is 0 Å². The average Bonchev–Trinajstić information content (AvgIpc) is 2.35. The largest absolute Gasteiger partial charge is 0.497 e. The number of ether oxygens (including phenoxy) is 1. The van der Waals surface area contributed by atoms with E-state index in [2.05, 4.69) is 0 Å². The number of hydrogen-bond acceptors (Lipinski definition) is 3. The number of benzene rings is 1. The van der Waals surface area contributed by atoms with Crippen molar-refractivity contribution in [2.75, 3.05) is 7.11 Å². The molecule has 0 aliphatic heterocycles. The Morgan fingerprint density at radius 3 is 2.44 bits per heavy atom. The Balaban J connectivity index is 2.08. The highest BCUT2D eigenvalue weighted by atomic mass is 32.2. The van der Waals surface area contributed by atoms with E-state index in [1.165, 1.54) is 0 Å². The van der Waals surface area contributed by atoms with Gasteiger partial charge in [-0.25, -0.2) is 0 Å². The smallest absolute Gasteiger partial charge is 0.162 e. The molecule has 0 fully saturated rings. The van der Waals surface area contributed by atoms with Gasteiger partial charge >= 0.3 is 0 Å². The summed E-state index contributed by atoms with van der Waals surface area (Å²) in [5.74, 6) is 1.10. The van der Waals surface area contributed by atoms with E-state index >= 15 is 0 Å². The minimum Gasteiger partial charge on any atom is -0.497 e. The zero-order valence-electron chi connectivity index (χ0n) is 11.0. The summed E-state index contributed by atoms with van der Waals surface area (Å²) < 4.78 is 5.13. The van der Waals surface area contributed by atoms with Crippen LogP contribution in [0.2, 0.25) is 0 Å². The van der Waals surface area contributed by atoms with Crippen LogP contribution in [-0.4, -0.2) is 12.9 Å². The lowest BCUT2D eigenvalue weighted by molar-refractivity contribution is -0.122. The first-order valence-corrected chi connectivity index (χ1v) is 6.90. The first kappa shape index (κ1) is 13.2. The van der Waals surface area contributed by atoms with Crippen molar-refractivity contribution >= 4 is 17.5 Å². The van der Waals surface area contributed by atoms with E-state index in [4.69, 9.17) is 4.74 Å². The predicted molar refractivity (Wildman–Crippen MR) is 75.0 cm³/mol. The fourth-order valence-corrected chi connectivity index (χ4v) is 2.79. The molecule has 0 amide bonds. The van der Waals surface area contributed by atoms with E-state index < -0.39 is 0 Å². The predicted octanol–water partition coefficient (Wildman–Crippen LogP) is 4.06. The lowest BCUT2D eigenvalue weighted by atomic mass is 9.80. The molecule has 0 radical (unpaired) electrons. The van der Waals surface area contributed by atoms with Gasteiger partial charge in [0.1, 0.15) is 5.75 Å². The van der Waals surface area contributed by atoms with Crippen molar-refractivity contribution in [3.8, 4) is 5.75 Å². The summed E-state index contributed by atoms with van der Waals surface area (Å²) in [6.07, 6.45) is 3.72. The van der Waals surface area contributed by atoms with Gasteiger partial charge in [-0.3, -0.25) is 4.79 Å². The summed E-state index contributed by atoms with van der Waals surface area (Å²) >= 11 is 1.67. The summed E-state index contributed by atoms with van der Waals surface area (Å²) in [4.78, 5) is 14.2. The molecule has 2 nitrogen and oxygen atoms in total. The van der Waals surface area contributed by atoms with Crippen LogP contribution >= 0.6 is 11.8 Å². The molecule has 0 bridgehead atoms. The topological polar surface area (TPSA) is 26.3 Å². The molecule has 0 saturated heterocycles. The normalized spacial score (nSPS) is 18.4. The van der Waals surface area contributed by atoms with Gasteiger partial charge in [-0.05, 0) is 48.1 Å². The van der Waals surface area contributed by atoms with Crippen LogP contribution < -0.4 is 4.74 Å². The van der Waals surface area contributed by atoms with Gasteiger partial charge in [0.2, 0.25) is 0 Å². The van der Waals surface area contributed by atoms with Gasteiger partial charge in [0.25, 0.3) is 0 Å². The molecule has 18 heavy (non-hydrogen) atoms. The minimum absolute atomic E-state index is 0.191. The highest BCUT2D eigenvalue weighted by Crippen LogP contribution is 2.39. The first-order chi connectivity index (χ1) is 8.51. The zero-order valence-corrected chi connectivity index (χ0v) is 11.8. The molecule has 1 aliphatic rings. The Bertz CT molecular complexity index is 472. The number of carbonyl (C=O) groups excluding carboxylic acids is 1. The summed E-state index contributed by atoms with van der Waals surface area (Å²) in [7, 11) is 1.66. The average molecular weight is 262 g/mol. The van der Waals surface area contributed by atoms with Gasteiger partial charge in [0.15, 0.2) is 5.78 Å². The molecule has 0 atom stereocenters. The van der Waals surface area contributed by atoms with Crippen molar-refractivity contribution in [2.24, 2.45) is 5.41 Å². The van der Waals surface area contributed by atoms with E-state index in [1.54, 1.807) is 24.9 Å². The zero-order chi connectivity index (χ0) is 13.2. The van der Waals surface area contributed by atoms with Crippen molar-refractivity contribution in [2.45, 2.75) is 31.6 Å². The molecule has 1 aromatic rings. The molecular formula is C15H18O2S. The third-order valence-electron chi connectivity index (χ3n) is 3.26.